The molecule has 9 heteroatoms. The van der Waals surface area contributed by atoms with Crippen LogP contribution >= 0.6 is 23.4 Å². The fraction of sp³-hybridized carbons (Fsp3) is 0.292. The van der Waals surface area contributed by atoms with Crippen molar-refractivity contribution in [3.63, 3.8) is 0 Å². The van der Waals surface area contributed by atoms with Crippen molar-refractivity contribution in [2.45, 2.75) is 11.9 Å². The Morgan fingerprint density at radius 2 is 1.79 bits per heavy atom. The first kappa shape index (κ1) is 23.2. The van der Waals surface area contributed by atoms with Crippen LogP contribution in [-0.4, -0.2) is 54.9 Å². The number of amides is 1. The lowest BCUT2D eigenvalue weighted by Crippen LogP contribution is -2.46. The van der Waals surface area contributed by atoms with Crippen LogP contribution in [0.2, 0.25) is 5.02 Å². The number of nitrogens with zero attached hydrogens (tertiary/aromatic N) is 4. The van der Waals surface area contributed by atoms with E-state index in [1.54, 1.807) is 25.6 Å². The molecule has 33 heavy (non-hydrogen) atoms. The van der Waals surface area contributed by atoms with E-state index in [2.05, 4.69) is 37.2 Å². The Morgan fingerprint density at radius 3 is 2.52 bits per heavy atom. The molecule has 2 heterocycles. The van der Waals surface area contributed by atoms with Crippen LogP contribution < -0.4 is 19.9 Å². The van der Waals surface area contributed by atoms with Gasteiger partial charge >= 0.3 is 0 Å². The lowest BCUT2D eigenvalue weighted by Gasteiger charge is -2.36. The van der Waals surface area contributed by atoms with Crippen LogP contribution in [0.25, 0.3) is 0 Å². The third-order valence-corrected chi connectivity index (χ3v) is 6.65. The fourth-order valence-electron chi connectivity index (χ4n) is 3.62. The molecule has 3 aromatic rings. The Labute approximate surface area is 203 Å². The van der Waals surface area contributed by atoms with E-state index in [1.807, 2.05) is 31.2 Å². The van der Waals surface area contributed by atoms with Crippen LogP contribution in [0.3, 0.4) is 0 Å². The minimum absolute atomic E-state index is 0.0985. The Kier molecular flexibility index (Phi) is 7.57. The van der Waals surface area contributed by atoms with Crippen molar-refractivity contribution in [2.75, 3.05) is 54.2 Å². The highest BCUT2D eigenvalue weighted by atomic mass is 35.5. The second-order valence-electron chi connectivity index (χ2n) is 7.68. The SMILES string of the molecule is COc1ccc(N2CCN(c3cc(SCC(=O)Nc4cc(Cl)ccc4C)ncn3)CC2)cc1. The maximum Gasteiger partial charge on any atom is 0.234 e. The van der Waals surface area contributed by atoms with Crippen LogP contribution in [0.1, 0.15) is 5.56 Å². The molecule has 0 unspecified atom stereocenters. The molecule has 7 nitrogen and oxygen atoms in total. The number of aromatic nitrogens is 2. The summed E-state index contributed by atoms with van der Waals surface area (Å²) in [7, 11) is 1.68. The smallest absolute Gasteiger partial charge is 0.234 e. The van der Waals surface area contributed by atoms with Gasteiger partial charge in [0.25, 0.3) is 0 Å². The van der Waals surface area contributed by atoms with Crippen LogP contribution in [0.15, 0.2) is 59.9 Å². The summed E-state index contributed by atoms with van der Waals surface area (Å²) in [5.74, 6) is 1.90. The Bertz CT molecular complexity index is 1100. The van der Waals surface area contributed by atoms with Gasteiger partial charge in [-0.15, -0.1) is 0 Å². The van der Waals surface area contributed by atoms with E-state index in [4.69, 9.17) is 16.3 Å². The zero-order valence-corrected chi connectivity index (χ0v) is 20.2. The van der Waals surface area contributed by atoms with Gasteiger partial charge in [0.2, 0.25) is 5.91 Å². The lowest BCUT2D eigenvalue weighted by atomic mass is 10.2. The number of halogens is 1. The molecule has 172 valence electrons. The minimum atomic E-state index is -0.0985. The number of hydrogen-bond acceptors (Lipinski definition) is 7. The molecule has 0 bridgehead atoms. The number of rotatable bonds is 7. The van der Waals surface area contributed by atoms with Gasteiger partial charge in [0, 0.05) is 48.6 Å². The normalized spacial score (nSPS) is 13.7. The molecule has 1 aliphatic rings. The number of ether oxygens (including phenoxy) is 1. The number of methoxy groups -OCH3 is 1. The van der Waals surface area contributed by atoms with E-state index in [-0.39, 0.29) is 11.7 Å². The van der Waals surface area contributed by atoms with E-state index in [0.29, 0.717) is 5.02 Å². The number of benzene rings is 2. The molecular weight excluding hydrogens is 458 g/mol. The fourth-order valence-corrected chi connectivity index (χ4v) is 4.46. The average Bonchev–Trinajstić information content (AvgIpc) is 2.85. The van der Waals surface area contributed by atoms with Gasteiger partial charge in [0.15, 0.2) is 0 Å². The van der Waals surface area contributed by atoms with Gasteiger partial charge in [-0.2, -0.15) is 0 Å². The van der Waals surface area contributed by atoms with Crippen LogP contribution in [0, 0.1) is 6.92 Å². The molecule has 1 aliphatic heterocycles. The number of anilines is 3. The highest BCUT2D eigenvalue weighted by molar-refractivity contribution is 7.99. The van der Waals surface area contributed by atoms with E-state index in [0.717, 1.165) is 54.0 Å². The van der Waals surface area contributed by atoms with Crippen LogP contribution in [0.5, 0.6) is 5.75 Å². The third kappa shape index (κ3) is 6.09. The standard InChI is InChI=1S/C24H26ClN5O2S/c1-17-3-4-18(25)13-21(17)28-23(31)15-33-24-14-22(26-16-27-24)30-11-9-29(10-12-30)19-5-7-20(32-2)8-6-19/h3-8,13-14,16H,9-12,15H2,1-2H3,(H,28,31). The molecule has 4 rings (SSSR count). The zero-order valence-electron chi connectivity index (χ0n) is 18.6. The third-order valence-electron chi connectivity index (χ3n) is 5.49. The number of hydrogen-bond donors (Lipinski definition) is 1. The summed E-state index contributed by atoms with van der Waals surface area (Å²) < 4.78 is 5.24. The predicted molar refractivity (Wildman–Crippen MR) is 135 cm³/mol. The minimum Gasteiger partial charge on any atom is -0.497 e. The van der Waals surface area contributed by atoms with Gasteiger partial charge in [0.05, 0.1) is 12.9 Å². The van der Waals surface area contributed by atoms with E-state index >= 15 is 0 Å². The maximum absolute atomic E-state index is 12.4. The molecule has 0 aliphatic carbocycles. The van der Waals surface area contributed by atoms with Gasteiger partial charge in [-0.1, -0.05) is 29.4 Å². The molecule has 0 spiro atoms. The Balaban J connectivity index is 1.30. The average molecular weight is 484 g/mol. The van der Waals surface area contributed by atoms with E-state index in [9.17, 15) is 4.79 Å². The first-order valence-corrected chi connectivity index (χ1v) is 12.0. The molecule has 1 saturated heterocycles. The second kappa shape index (κ2) is 10.8. The monoisotopic (exact) mass is 483 g/mol. The first-order chi connectivity index (χ1) is 16.0. The second-order valence-corrected chi connectivity index (χ2v) is 9.11. The highest BCUT2D eigenvalue weighted by Crippen LogP contribution is 2.25. The number of aryl methyl sites for hydroxylation is 1. The number of carbonyl (C=O) groups excluding carboxylic acids is 1. The van der Waals surface area contributed by atoms with Gasteiger partial charge in [-0.25, -0.2) is 9.97 Å². The molecule has 2 aromatic carbocycles. The molecule has 0 atom stereocenters. The van der Waals surface area contributed by atoms with Crippen molar-refractivity contribution >= 4 is 46.5 Å². The van der Waals surface area contributed by atoms with Crippen molar-refractivity contribution in [2.24, 2.45) is 0 Å². The van der Waals surface area contributed by atoms with E-state index < -0.39 is 0 Å². The van der Waals surface area contributed by atoms with Crippen molar-refractivity contribution in [1.29, 1.82) is 0 Å². The summed E-state index contributed by atoms with van der Waals surface area (Å²) in [5, 5.41) is 4.28. The summed E-state index contributed by atoms with van der Waals surface area (Å²) in [6, 6.07) is 15.5. The van der Waals surface area contributed by atoms with E-state index in [1.165, 1.54) is 17.4 Å². The summed E-state index contributed by atoms with van der Waals surface area (Å²) in [5.41, 5.74) is 2.89. The largest absolute Gasteiger partial charge is 0.497 e. The lowest BCUT2D eigenvalue weighted by molar-refractivity contribution is -0.113. The zero-order chi connectivity index (χ0) is 23.2. The van der Waals surface area contributed by atoms with Crippen molar-refractivity contribution in [1.82, 2.24) is 9.97 Å². The molecule has 1 N–H and O–H groups in total. The number of carbonyl (C=O) groups is 1. The number of piperazine rings is 1. The van der Waals surface area contributed by atoms with Crippen molar-refractivity contribution in [3.05, 3.63) is 65.4 Å². The molecule has 1 aromatic heterocycles. The van der Waals surface area contributed by atoms with Gasteiger partial charge in [-0.05, 0) is 48.9 Å². The summed E-state index contributed by atoms with van der Waals surface area (Å²) >= 11 is 7.43. The maximum atomic E-state index is 12.4. The Morgan fingerprint density at radius 1 is 1.06 bits per heavy atom. The Hall–Kier alpha value is -2.97. The van der Waals surface area contributed by atoms with Gasteiger partial charge < -0.3 is 19.9 Å². The summed E-state index contributed by atoms with van der Waals surface area (Å²) in [6.07, 6.45) is 1.56. The predicted octanol–water partition coefficient (Wildman–Crippen LogP) is 4.50. The number of nitrogens with one attached hydrogen (secondary N) is 1. The quantitative estimate of drug-likeness (QED) is 0.391. The molecule has 1 amide bonds. The summed E-state index contributed by atoms with van der Waals surface area (Å²) in [6.45, 7) is 5.47. The van der Waals surface area contributed by atoms with Gasteiger partial charge in [0.1, 0.15) is 22.9 Å². The topological polar surface area (TPSA) is 70.6 Å². The summed E-state index contributed by atoms with van der Waals surface area (Å²) in [4.78, 5) is 25.8. The first-order valence-electron chi connectivity index (χ1n) is 10.7. The molecule has 0 radical (unpaired) electrons. The highest BCUT2D eigenvalue weighted by Gasteiger charge is 2.19. The molecule has 1 fully saturated rings. The van der Waals surface area contributed by atoms with Crippen molar-refractivity contribution in [3.8, 4) is 5.75 Å². The number of thioether (sulfide) groups is 1. The van der Waals surface area contributed by atoms with Crippen LogP contribution in [0.4, 0.5) is 17.2 Å². The van der Waals surface area contributed by atoms with Crippen LogP contribution in [-0.2, 0) is 4.79 Å². The van der Waals surface area contributed by atoms with Crippen molar-refractivity contribution < 1.29 is 9.53 Å². The molecule has 0 saturated carbocycles. The molecular formula is C24H26ClN5O2S. The van der Waals surface area contributed by atoms with Gasteiger partial charge in [-0.3, -0.25) is 4.79 Å².